The molecule has 0 aromatic heterocycles. The normalized spacial score (nSPS) is 22.6. The van der Waals surface area contributed by atoms with Crippen molar-refractivity contribution in [3.05, 3.63) is 0 Å². The molecule has 9 heavy (non-hydrogen) atoms. The van der Waals surface area contributed by atoms with E-state index in [4.69, 9.17) is 0 Å². The maximum absolute atomic E-state index is 11.1. The van der Waals surface area contributed by atoms with Crippen molar-refractivity contribution in [1.29, 1.82) is 0 Å². The van der Waals surface area contributed by atoms with Gasteiger partial charge in [0.15, 0.2) is 0 Å². The number of rotatable bonds is 2. The van der Waals surface area contributed by atoms with Crippen molar-refractivity contribution in [3.63, 3.8) is 0 Å². The van der Waals surface area contributed by atoms with E-state index >= 15 is 0 Å². The third-order valence-corrected chi connectivity index (χ3v) is 8.14. The minimum absolute atomic E-state index is 0.636. The molecule has 2 heteroatoms. The molecule has 0 N–H and O–H groups in total. The van der Waals surface area contributed by atoms with Gasteiger partial charge in [0.25, 0.3) is 0 Å². The van der Waals surface area contributed by atoms with Crippen LogP contribution in [0.25, 0.3) is 0 Å². The van der Waals surface area contributed by atoms with Crippen molar-refractivity contribution in [2.75, 3.05) is 8.86 Å². The van der Waals surface area contributed by atoms with Crippen LogP contribution in [0, 0.1) is 0 Å². The molecular weight excluding hydrogens is 227 g/mol. The molecule has 0 amide bonds. The van der Waals surface area contributed by atoms with E-state index in [-0.39, 0.29) is 0 Å². The van der Waals surface area contributed by atoms with Gasteiger partial charge in [-0.15, -0.1) is 0 Å². The second-order valence-corrected chi connectivity index (χ2v) is 8.22. The first-order valence-electron chi connectivity index (χ1n) is 3.49. The average Bonchev–Trinajstić information content (AvgIpc) is 2.37. The van der Waals surface area contributed by atoms with Crippen LogP contribution < -0.4 is 0 Å². The summed E-state index contributed by atoms with van der Waals surface area (Å²) in [5, 5.41) is 0. The summed E-state index contributed by atoms with van der Waals surface area (Å²) in [7, 11) is 0. The van der Waals surface area contributed by atoms with Crippen LogP contribution in [0.1, 0.15) is 26.2 Å². The molecule has 1 aliphatic rings. The molecule has 1 nitrogen and oxygen atoms in total. The van der Waals surface area contributed by atoms with Crippen LogP contribution in [0.5, 0.6) is 0 Å². The van der Waals surface area contributed by atoms with Gasteiger partial charge in [0, 0.05) is 0 Å². The van der Waals surface area contributed by atoms with Gasteiger partial charge in [-0.2, -0.15) is 0 Å². The molecule has 0 aliphatic carbocycles. The summed E-state index contributed by atoms with van der Waals surface area (Å²) >= 11 is -0.975. The standard InChI is InChI=1S/C7H13IO/c1-2-7(9)8-5-3-4-6-8/h2-6H2,1H3. The van der Waals surface area contributed by atoms with E-state index in [9.17, 15) is 4.79 Å². The number of alkyl halides is 2. The molecule has 0 bridgehead atoms. The van der Waals surface area contributed by atoms with Gasteiger partial charge in [0.1, 0.15) is 0 Å². The third-order valence-electron chi connectivity index (χ3n) is 1.55. The predicted molar refractivity (Wildman–Crippen MR) is 48.3 cm³/mol. The van der Waals surface area contributed by atoms with Gasteiger partial charge < -0.3 is 0 Å². The summed E-state index contributed by atoms with van der Waals surface area (Å²) in [4.78, 5) is 11.1. The fourth-order valence-electron chi connectivity index (χ4n) is 1.01. The molecule has 1 saturated heterocycles. The summed E-state index contributed by atoms with van der Waals surface area (Å²) in [5.74, 6) is 0. The monoisotopic (exact) mass is 240 g/mol. The van der Waals surface area contributed by atoms with E-state index in [1.54, 1.807) is 0 Å². The topological polar surface area (TPSA) is 17.1 Å². The second-order valence-electron chi connectivity index (χ2n) is 2.25. The van der Waals surface area contributed by atoms with Crippen molar-refractivity contribution in [2.45, 2.75) is 26.2 Å². The summed E-state index contributed by atoms with van der Waals surface area (Å²) in [5.41, 5.74) is 0. The van der Waals surface area contributed by atoms with Crippen LogP contribution in [-0.4, -0.2) is 12.6 Å². The summed E-state index contributed by atoms with van der Waals surface area (Å²) in [6, 6.07) is 0. The van der Waals surface area contributed by atoms with Gasteiger partial charge in [0.2, 0.25) is 0 Å². The Morgan fingerprint density at radius 2 is 2.00 bits per heavy atom. The fourth-order valence-corrected chi connectivity index (χ4v) is 6.75. The van der Waals surface area contributed by atoms with E-state index in [1.165, 1.54) is 21.7 Å². The molecule has 0 aromatic rings. The van der Waals surface area contributed by atoms with Crippen molar-refractivity contribution in [3.8, 4) is 0 Å². The molecule has 0 unspecified atom stereocenters. The number of halogens is 1. The van der Waals surface area contributed by atoms with Crippen LogP contribution in [0.4, 0.5) is 0 Å². The average molecular weight is 240 g/mol. The quantitative estimate of drug-likeness (QED) is 0.411. The first kappa shape index (κ1) is 7.51. The van der Waals surface area contributed by atoms with Crippen LogP contribution in [0.15, 0.2) is 0 Å². The Labute approximate surface area is 63.6 Å². The van der Waals surface area contributed by atoms with Crippen LogP contribution >= 0.6 is 19.8 Å². The Balaban J connectivity index is 2.32. The van der Waals surface area contributed by atoms with Crippen molar-refractivity contribution >= 4 is 23.6 Å². The van der Waals surface area contributed by atoms with Gasteiger partial charge in [-0.25, -0.2) is 0 Å². The first-order valence-corrected chi connectivity index (χ1v) is 7.62. The number of hydrogen-bond acceptors (Lipinski definition) is 1. The van der Waals surface area contributed by atoms with E-state index in [1.807, 2.05) is 6.92 Å². The second kappa shape index (κ2) is 3.54. The number of hydrogen-bond donors (Lipinski definition) is 0. The molecule has 0 spiro atoms. The van der Waals surface area contributed by atoms with Crippen molar-refractivity contribution in [2.24, 2.45) is 0 Å². The molecular formula is C7H13IO. The molecule has 1 aliphatic heterocycles. The Kier molecular flexibility index (Phi) is 2.95. The van der Waals surface area contributed by atoms with Crippen molar-refractivity contribution in [1.82, 2.24) is 0 Å². The molecule has 1 heterocycles. The molecule has 0 aromatic carbocycles. The number of carbonyl (C=O) groups excluding carboxylic acids is 1. The Bertz CT molecular complexity index is 105. The van der Waals surface area contributed by atoms with Crippen LogP contribution in [-0.2, 0) is 4.79 Å². The molecule has 1 rings (SSSR count). The minimum atomic E-state index is -0.975. The van der Waals surface area contributed by atoms with Crippen LogP contribution in [0.2, 0.25) is 0 Å². The molecule has 0 atom stereocenters. The van der Waals surface area contributed by atoms with Gasteiger partial charge in [-0.05, 0) is 0 Å². The van der Waals surface area contributed by atoms with E-state index in [0.717, 1.165) is 6.42 Å². The van der Waals surface area contributed by atoms with Gasteiger partial charge in [-0.1, -0.05) is 0 Å². The number of carbonyl (C=O) groups is 1. The summed E-state index contributed by atoms with van der Waals surface area (Å²) in [6.45, 7) is 2.00. The van der Waals surface area contributed by atoms with Gasteiger partial charge in [0.05, 0.1) is 0 Å². The zero-order valence-corrected chi connectivity index (χ0v) is 7.98. The fraction of sp³-hybridized carbons (Fsp3) is 0.857. The molecule has 1 fully saturated rings. The third kappa shape index (κ3) is 1.92. The van der Waals surface area contributed by atoms with Crippen LogP contribution in [0.3, 0.4) is 0 Å². The Morgan fingerprint density at radius 1 is 1.44 bits per heavy atom. The summed E-state index contributed by atoms with van der Waals surface area (Å²) < 4.78 is 3.27. The predicted octanol–water partition coefficient (Wildman–Crippen LogP) is 2.22. The van der Waals surface area contributed by atoms with Gasteiger partial charge >= 0.3 is 63.4 Å². The SMILES string of the molecule is CCC(=O)I1CCCC1. The molecule has 0 radical (unpaired) electrons. The maximum atomic E-state index is 11.1. The Morgan fingerprint density at radius 3 is 2.44 bits per heavy atom. The van der Waals surface area contributed by atoms with Crippen molar-refractivity contribution < 1.29 is 4.79 Å². The van der Waals surface area contributed by atoms with E-state index in [2.05, 4.69) is 0 Å². The van der Waals surface area contributed by atoms with E-state index < -0.39 is 19.8 Å². The first-order chi connectivity index (χ1) is 4.34. The zero-order chi connectivity index (χ0) is 6.69. The van der Waals surface area contributed by atoms with E-state index in [0.29, 0.717) is 3.79 Å². The molecule has 54 valence electrons. The molecule has 0 saturated carbocycles. The summed E-state index contributed by atoms with van der Waals surface area (Å²) in [6.07, 6.45) is 3.50. The van der Waals surface area contributed by atoms with Gasteiger partial charge in [-0.3, -0.25) is 0 Å². The zero-order valence-electron chi connectivity index (χ0n) is 5.82. The Hall–Kier alpha value is 0.400.